The predicted octanol–water partition coefficient (Wildman–Crippen LogP) is 2.69. The smallest absolute Gasteiger partial charge is 0.411 e. The molecule has 0 bridgehead atoms. The summed E-state index contributed by atoms with van der Waals surface area (Å²) in [6.07, 6.45) is 1.18. The highest BCUT2D eigenvalue weighted by Crippen LogP contribution is 2.34. The van der Waals surface area contributed by atoms with Gasteiger partial charge in [0.25, 0.3) is 0 Å². The van der Waals surface area contributed by atoms with Crippen molar-refractivity contribution in [2.24, 2.45) is 5.92 Å². The summed E-state index contributed by atoms with van der Waals surface area (Å²) in [4.78, 5) is 15.3. The van der Waals surface area contributed by atoms with Gasteiger partial charge in [0.1, 0.15) is 12.4 Å². The summed E-state index contributed by atoms with van der Waals surface area (Å²) >= 11 is 0. The number of hydrogen-bond acceptors (Lipinski definition) is 4. The first-order valence-electron chi connectivity index (χ1n) is 7.67. The van der Waals surface area contributed by atoms with Gasteiger partial charge >= 0.3 is 6.09 Å². The molecule has 0 aliphatic heterocycles. The first kappa shape index (κ1) is 15.6. The van der Waals surface area contributed by atoms with Crippen LogP contribution in [0.15, 0.2) is 18.2 Å². The van der Waals surface area contributed by atoms with Crippen molar-refractivity contribution in [3.63, 3.8) is 0 Å². The van der Waals surface area contributed by atoms with Crippen LogP contribution in [0.2, 0.25) is 0 Å². The molecule has 3 N–H and O–H groups in total. The monoisotopic (exact) mass is 319 g/mol. The van der Waals surface area contributed by atoms with Gasteiger partial charge in [0.05, 0.1) is 16.6 Å². The number of carboxylic acid groups (broad SMARTS) is 1. The van der Waals surface area contributed by atoms with Crippen LogP contribution in [0, 0.1) is 5.92 Å². The minimum Gasteiger partial charge on any atom is -0.491 e. The Bertz CT molecular complexity index is 729. The van der Waals surface area contributed by atoms with E-state index in [1.807, 2.05) is 10.6 Å². The summed E-state index contributed by atoms with van der Waals surface area (Å²) < 4.78 is 7.50. The van der Waals surface area contributed by atoms with Crippen molar-refractivity contribution < 1.29 is 19.7 Å². The molecule has 1 saturated carbocycles. The third-order valence-corrected chi connectivity index (χ3v) is 3.67. The number of amides is 1. The molecular weight excluding hydrogens is 298 g/mol. The Morgan fingerprint density at radius 3 is 2.83 bits per heavy atom. The first-order chi connectivity index (χ1) is 10.8. The average molecular weight is 319 g/mol. The van der Waals surface area contributed by atoms with E-state index >= 15 is 0 Å². The van der Waals surface area contributed by atoms with Crippen LogP contribution in [0.5, 0.6) is 5.75 Å². The lowest BCUT2D eigenvalue weighted by Crippen LogP contribution is -2.27. The molecule has 23 heavy (non-hydrogen) atoms. The number of nitrogens with one attached hydrogen (secondary N) is 1. The van der Waals surface area contributed by atoms with E-state index in [4.69, 9.17) is 9.84 Å². The molecule has 1 aliphatic carbocycles. The van der Waals surface area contributed by atoms with Crippen LogP contribution in [0.3, 0.4) is 0 Å². The molecule has 1 aromatic heterocycles. The maximum atomic E-state index is 11.0. The van der Waals surface area contributed by atoms with E-state index < -0.39 is 11.7 Å². The Balaban J connectivity index is 1.93. The molecule has 0 unspecified atom stereocenters. The topological polar surface area (TPSA) is 96.6 Å². The zero-order valence-electron chi connectivity index (χ0n) is 13.2. The minimum absolute atomic E-state index is 0.176. The molecule has 7 nitrogen and oxygen atoms in total. The number of aromatic nitrogens is 2. The van der Waals surface area contributed by atoms with Crippen molar-refractivity contribution in [1.82, 2.24) is 9.55 Å². The molecule has 0 radical (unpaired) electrons. The SMILES string of the molecule is CC(C)(O)COc1ccc2nc(NC(=O)O)n(CC3CC3)c2c1. The zero-order chi connectivity index (χ0) is 16.6. The second kappa shape index (κ2) is 5.73. The second-order valence-corrected chi connectivity index (χ2v) is 6.67. The number of ether oxygens (including phenoxy) is 1. The molecular formula is C16H21N3O4. The fourth-order valence-corrected chi connectivity index (χ4v) is 2.39. The number of aliphatic hydroxyl groups is 1. The molecule has 1 heterocycles. The Morgan fingerprint density at radius 2 is 2.22 bits per heavy atom. The number of benzene rings is 1. The lowest BCUT2D eigenvalue weighted by molar-refractivity contribution is 0.0285. The van der Waals surface area contributed by atoms with Gasteiger partial charge in [-0.05, 0) is 44.7 Å². The first-order valence-corrected chi connectivity index (χ1v) is 7.67. The third kappa shape index (κ3) is 3.92. The van der Waals surface area contributed by atoms with Gasteiger partial charge in [-0.25, -0.2) is 9.78 Å². The molecule has 3 rings (SSSR count). The molecule has 1 aliphatic rings. The second-order valence-electron chi connectivity index (χ2n) is 6.67. The van der Waals surface area contributed by atoms with Crippen molar-refractivity contribution in [1.29, 1.82) is 0 Å². The van der Waals surface area contributed by atoms with E-state index in [-0.39, 0.29) is 6.61 Å². The Kier molecular flexibility index (Phi) is 3.89. The molecule has 1 fully saturated rings. The van der Waals surface area contributed by atoms with E-state index in [0.717, 1.165) is 24.9 Å². The number of carbonyl (C=O) groups is 1. The van der Waals surface area contributed by atoms with Gasteiger partial charge in [-0.1, -0.05) is 0 Å². The van der Waals surface area contributed by atoms with Crippen molar-refractivity contribution in [3.8, 4) is 5.75 Å². The Morgan fingerprint density at radius 1 is 1.48 bits per heavy atom. The molecule has 124 valence electrons. The average Bonchev–Trinajstić information content (AvgIpc) is 3.20. The summed E-state index contributed by atoms with van der Waals surface area (Å²) in [5, 5.41) is 21.1. The quantitative estimate of drug-likeness (QED) is 0.760. The molecule has 1 aromatic carbocycles. The van der Waals surface area contributed by atoms with Gasteiger partial charge in [-0.2, -0.15) is 0 Å². The highest BCUT2D eigenvalue weighted by molar-refractivity contribution is 5.86. The van der Waals surface area contributed by atoms with Crippen molar-refractivity contribution >= 4 is 23.1 Å². The Labute approximate surface area is 133 Å². The molecule has 2 aromatic rings. The summed E-state index contributed by atoms with van der Waals surface area (Å²) in [7, 11) is 0. The summed E-state index contributed by atoms with van der Waals surface area (Å²) in [6, 6.07) is 5.40. The maximum Gasteiger partial charge on any atom is 0.411 e. The van der Waals surface area contributed by atoms with Crippen LogP contribution in [0.25, 0.3) is 11.0 Å². The summed E-state index contributed by atoms with van der Waals surface area (Å²) in [5.74, 6) is 1.53. The van der Waals surface area contributed by atoms with Gasteiger partial charge in [-0.15, -0.1) is 0 Å². The van der Waals surface area contributed by atoms with Crippen molar-refractivity contribution in [3.05, 3.63) is 18.2 Å². The largest absolute Gasteiger partial charge is 0.491 e. The maximum absolute atomic E-state index is 11.0. The van der Waals surface area contributed by atoms with E-state index in [2.05, 4.69) is 10.3 Å². The summed E-state index contributed by atoms with van der Waals surface area (Å²) in [6.45, 7) is 4.27. The lowest BCUT2D eigenvalue weighted by atomic mass is 10.2. The van der Waals surface area contributed by atoms with Crippen LogP contribution in [0.4, 0.5) is 10.7 Å². The van der Waals surface area contributed by atoms with Crippen LogP contribution in [0.1, 0.15) is 26.7 Å². The highest BCUT2D eigenvalue weighted by Gasteiger charge is 2.25. The van der Waals surface area contributed by atoms with E-state index in [1.165, 1.54) is 0 Å². The molecule has 0 saturated heterocycles. The fraction of sp³-hybridized carbons (Fsp3) is 0.500. The van der Waals surface area contributed by atoms with Gasteiger partial charge < -0.3 is 19.5 Å². The number of fused-ring (bicyclic) bond motifs is 1. The van der Waals surface area contributed by atoms with E-state index in [1.54, 1.807) is 26.0 Å². The number of anilines is 1. The van der Waals surface area contributed by atoms with Crippen molar-refractivity contribution in [2.75, 3.05) is 11.9 Å². The standard InChI is InChI=1S/C16H21N3O4/c1-16(2,22)9-23-11-5-6-12-13(7-11)19(8-10-3-4-10)14(17-12)18-15(20)21/h5-7,10,22H,3-4,8-9H2,1-2H3,(H,17,18)(H,20,21). The van der Waals surface area contributed by atoms with Gasteiger partial charge in [0, 0.05) is 12.6 Å². The van der Waals surface area contributed by atoms with Gasteiger partial charge in [0.15, 0.2) is 0 Å². The van der Waals surface area contributed by atoms with Crippen molar-refractivity contribution in [2.45, 2.75) is 38.8 Å². The predicted molar refractivity (Wildman–Crippen MR) is 85.9 cm³/mol. The van der Waals surface area contributed by atoms with Crippen LogP contribution in [-0.4, -0.2) is 38.1 Å². The van der Waals surface area contributed by atoms with E-state index in [0.29, 0.717) is 23.1 Å². The number of rotatable bonds is 6. The number of hydrogen-bond donors (Lipinski definition) is 3. The number of nitrogens with zero attached hydrogens (tertiary/aromatic N) is 2. The third-order valence-electron chi connectivity index (χ3n) is 3.67. The van der Waals surface area contributed by atoms with Crippen LogP contribution >= 0.6 is 0 Å². The zero-order valence-corrected chi connectivity index (χ0v) is 13.2. The molecule has 7 heteroatoms. The minimum atomic E-state index is -1.13. The van der Waals surface area contributed by atoms with E-state index in [9.17, 15) is 9.90 Å². The molecule has 0 atom stereocenters. The normalized spacial score (nSPS) is 14.9. The molecule has 0 spiro atoms. The fourth-order valence-electron chi connectivity index (χ4n) is 2.39. The number of imidazole rings is 1. The summed E-state index contributed by atoms with van der Waals surface area (Å²) in [5.41, 5.74) is 0.623. The molecule has 1 amide bonds. The van der Waals surface area contributed by atoms with Gasteiger partial charge in [0.2, 0.25) is 5.95 Å². The Hall–Kier alpha value is -2.28. The lowest BCUT2D eigenvalue weighted by Gasteiger charge is -2.17. The van der Waals surface area contributed by atoms with Gasteiger partial charge in [-0.3, -0.25) is 5.32 Å². The van der Waals surface area contributed by atoms with Crippen LogP contribution in [-0.2, 0) is 6.54 Å². The highest BCUT2D eigenvalue weighted by atomic mass is 16.5. The van der Waals surface area contributed by atoms with Crippen LogP contribution < -0.4 is 10.1 Å².